The summed E-state index contributed by atoms with van der Waals surface area (Å²) < 4.78 is 1.76. The lowest BCUT2D eigenvalue weighted by Gasteiger charge is -2.05. The summed E-state index contributed by atoms with van der Waals surface area (Å²) in [6.07, 6.45) is 3.88. The van der Waals surface area contributed by atoms with Gasteiger partial charge in [0.1, 0.15) is 5.75 Å². The van der Waals surface area contributed by atoms with E-state index in [1.54, 1.807) is 35.1 Å². The van der Waals surface area contributed by atoms with Crippen LogP contribution >= 0.6 is 0 Å². The normalized spacial score (nSPS) is 10.2. The number of hydrogen-bond acceptors (Lipinski definition) is 3. The molecule has 18 heavy (non-hydrogen) atoms. The van der Waals surface area contributed by atoms with Gasteiger partial charge in [0.25, 0.3) is 0 Å². The van der Waals surface area contributed by atoms with Crippen LogP contribution in [0.25, 0.3) is 0 Å². The van der Waals surface area contributed by atoms with Crippen molar-refractivity contribution in [3.05, 3.63) is 48.3 Å². The molecule has 1 heterocycles. The molecule has 2 N–H and O–H groups in total. The first-order valence-electron chi connectivity index (χ1n) is 5.76. The Morgan fingerprint density at radius 1 is 1.33 bits per heavy atom. The van der Waals surface area contributed by atoms with E-state index in [9.17, 15) is 4.79 Å². The number of nitrogens with zero attached hydrogens (tertiary/aromatic N) is 2. The van der Waals surface area contributed by atoms with Crippen LogP contribution < -0.4 is 5.32 Å². The van der Waals surface area contributed by atoms with Gasteiger partial charge >= 0.3 is 0 Å². The first-order chi connectivity index (χ1) is 8.74. The summed E-state index contributed by atoms with van der Waals surface area (Å²) in [6, 6.07) is 8.47. The van der Waals surface area contributed by atoms with Crippen LogP contribution in [0.15, 0.2) is 42.7 Å². The van der Waals surface area contributed by atoms with Gasteiger partial charge < -0.3 is 10.4 Å². The van der Waals surface area contributed by atoms with E-state index < -0.39 is 0 Å². The smallest absolute Gasteiger partial charge is 0.224 e. The van der Waals surface area contributed by atoms with Crippen molar-refractivity contribution in [3.63, 3.8) is 0 Å². The third-order valence-electron chi connectivity index (χ3n) is 2.52. The molecule has 0 aliphatic heterocycles. The summed E-state index contributed by atoms with van der Waals surface area (Å²) in [5.41, 5.74) is 0.879. The van der Waals surface area contributed by atoms with E-state index in [4.69, 9.17) is 5.11 Å². The maximum atomic E-state index is 11.6. The zero-order chi connectivity index (χ0) is 12.8. The Kier molecular flexibility index (Phi) is 3.96. The fraction of sp³-hybridized carbons (Fsp3) is 0.231. The van der Waals surface area contributed by atoms with Gasteiger partial charge in [-0.1, -0.05) is 12.1 Å². The second kappa shape index (κ2) is 5.86. The van der Waals surface area contributed by atoms with Gasteiger partial charge in [-0.2, -0.15) is 5.10 Å². The number of phenols is 1. The molecule has 0 fully saturated rings. The monoisotopic (exact) mass is 245 g/mol. The largest absolute Gasteiger partial charge is 0.508 e. The van der Waals surface area contributed by atoms with Crippen LogP contribution in [0.5, 0.6) is 5.75 Å². The van der Waals surface area contributed by atoms with Crippen LogP contribution in [0.1, 0.15) is 5.56 Å². The van der Waals surface area contributed by atoms with Crippen molar-refractivity contribution in [2.24, 2.45) is 0 Å². The lowest BCUT2D eigenvalue weighted by Crippen LogP contribution is -2.28. The van der Waals surface area contributed by atoms with Crippen molar-refractivity contribution < 1.29 is 9.90 Å². The summed E-state index contributed by atoms with van der Waals surface area (Å²) in [4.78, 5) is 11.6. The molecule has 94 valence electrons. The molecule has 0 unspecified atom stereocenters. The second-order valence-electron chi connectivity index (χ2n) is 3.96. The van der Waals surface area contributed by atoms with Crippen molar-refractivity contribution >= 4 is 5.91 Å². The molecule has 0 atom stereocenters. The van der Waals surface area contributed by atoms with Gasteiger partial charge in [0.2, 0.25) is 5.91 Å². The van der Waals surface area contributed by atoms with Crippen molar-refractivity contribution in [1.82, 2.24) is 15.1 Å². The zero-order valence-electron chi connectivity index (χ0n) is 9.91. The minimum Gasteiger partial charge on any atom is -0.508 e. The average Bonchev–Trinajstić information content (AvgIpc) is 2.85. The summed E-state index contributed by atoms with van der Waals surface area (Å²) in [6.45, 7) is 1.22. The summed E-state index contributed by atoms with van der Waals surface area (Å²) in [5, 5.41) is 16.0. The molecular weight excluding hydrogens is 230 g/mol. The Morgan fingerprint density at radius 3 is 2.78 bits per heavy atom. The minimum atomic E-state index is -0.0344. The highest BCUT2D eigenvalue weighted by molar-refractivity contribution is 5.78. The van der Waals surface area contributed by atoms with Gasteiger partial charge in [-0.05, 0) is 23.8 Å². The lowest BCUT2D eigenvalue weighted by molar-refractivity contribution is -0.120. The van der Waals surface area contributed by atoms with Gasteiger partial charge in [0.15, 0.2) is 0 Å². The third kappa shape index (κ3) is 3.62. The van der Waals surface area contributed by atoms with Gasteiger partial charge in [-0.15, -0.1) is 0 Å². The van der Waals surface area contributed by atoms with Crippen molar-refractivity contribution in [3.8, 4) is 5.75 Å². The highest BCUT2D eigenvalue weighted by atomic mass is 16.3. The zero-order valence-corrected chi connectivity index (χ0v) is 9.91. The van der Waals surface area contributed by atoms with Gasteiger partial charge in [-0.3, -0.25) is 9.48 Å². The predicted molar refractivity (Wildman–Crippen MR) is 67.0 cm³/mol. The van der Waals surface area contributed by atoms with Gasteiger partial charge in [0, 0.05) is 18.9 Å². The Hall–Kier alpha value is -2.30. The van der Waals surface area contributed by atoms with Crippen molar-refractivity contribution in [2.45, 2.75) is 13.0 Å². The molecule has 0 spiro atoms. The number of carbonyl (C=O) groups excluding carboxylic acids is 1. The second-order valence-corrected chi connectivity index (χ2v) is 3.96. The minimum absolute atomic E-state index is 0.0344. The molecule has 1 amide bonds. The quantitative estimate of drug-likeness (QED) is 0.824. The van der Waals surface area contributed by atoms with E-state index in [0.29, 0.717) is 19.5 Å². The number of phenolic OH excluding ortho intramolecular Hbond substituents is 1. The van der Waals surface area contributed by atoms with Crippen molar-refractivity contribution in [1.29, 1.82) is 0 Å². The van der Waals surface area contributed by atoms with E-state index in [-0.39, 0.29) is 11.7 Å². The maximum absolute atomic E-state index is 11.6. The van der Waals surface area contributed by atoms with E-state index in [2.05, 4.69) is 10.4 Å². The Bertz CT molecular complexity index is 491. The first-order valence-corrected chi connectivity index (χ1v) is 5.76. The number of rotatable bonds is 5. The molecule has 2 rings (SSSR count). The molecule has 5 heteroatoms. The summed E-state index contributed by atoms with van der Waals surface area (Å²) in [5.74, 6) is 0.172. The van der Waals surface area contributed by atoms with Crippen LogP contribution in [0.4, 0.5) is 0 Å². The molecule has 1 aromatic carbocycles. The van der Waals surface area contributed by atoms with E-state index in [1.807, 2.05) is 12.3 Å². The lowest BCUT2D eigenvalue weighted by atomic mass is 10.1. The molecule has 0 saturated carbocycles. The summed E-state index contributed by atoms with van der Waals surface area (Å²) in [7, 11) is 0. The van der Waals surface area contributed by atoms with E-state index in [1.165, 1.54) is 0 Å². The Balaban J connectivity index is 1.73. The third-order valence-corrected chi connectivity index (χ3v) is 2.52. The van der Waals surface area contributed by atoms with Crippen LogP contribution in [-0.2, 0) is 17.8 Å². The van der Waals surface area contributed by atoms with Gasteiger partial charge in [-0.25, -0.2) is 0 Å². The number of hydrogen-bond donors (Lipinski definition) is 2. The molecule has 5 nitrogen and oxygen atoms in total. The maximum Gasteiger partial charge on any atom is 0.224 e. The Labute approximate surface area is 105 Å². The molecule has 0 aliphatic carbocycles. The molecule has 0 radical (unpaired) electrons. The number of nitrogens with one attached hydrogen (secondary N) is 1. The van der Waals surface area contributed by atoms with Crippen LogP contribution in [0.3, 0.4) is 0 Å². The molecule has 1 aromatic heterocycles. The number of aromatic nitrogens is 2. The molecule has 2 aromatic rings. The Morgan fingerprint density at radius 2 is 2.11 bits per heavy atom. The highest BCUT2D eigenvalue weighted by Crippen LogP contribution is 2.09. The van der Waals surface area contributed by atoms with Crippen molar-refractivity contribution in [2.75, 3.05) is 6.54 Å². The first kappa shape index (κ1) is 12.2. The molecular formula is C13H15N3O2. The summed E-state index contributed by atoms with van der Waals surface area (Å²) >= 11 is 0. The highest BCUT2D eigenvalue weighted by Gasteiger charge is 2.02. The molecule has 0 aliphatic rings. The van der Waals surface area contributed by atoms with E-state index >= 15 is 0 Å². The number of amides is 1. The fourth-order valence-electron chi connectivity index (χ4n) is 1.60. The van der Waals surface area contributed by atoms with E-state index in [0.717, 1.165) is 5.56 Å². The topological polar surface area (TPSA) is 67.2 Å². The van der Waals surface area contributed by atoms with Gasteiger partial charge in [0.05, 0.1) is 13.0 Å². The SMILES string of the molecule is O=C(Cc1ccc(O)cc1)NCCn1cccn1. The fourth-order valence-corrected chi connectivity index (χ4v) is 1.60. The number of carbonyl (C=O) groups is 1. The van der Waals surface area contributed by atoms with Crippen LogP contribution in [-0.4, -0.2) is 27.3 Å². The predicted octanol–water partition coefficient (Wildman–Crippen LogP) is 0.948. The van der Waals surface area contributed by atoms with Crippen LogP contribution in [0, 0.1) is 0 Å². The average molecular weight is 245 g/mol. The molecule has 0 bridgehead atoms. The standard InChI is InChI=1S/C13H15N3O2/c17-12-4-2-11(3-5-12)10-13(18)14-7-9-16-8-1-6-15-16/h1-6,8,17H,7,9-10H2,(H,14,18). The number of aromatic hydroxyl groups is 1. The van der Waals surface area contributed by atoms with Crippen LogP contribution in [0.2, 0.25) is 0 Å². The molecule has 0 saturated heterocycles. The number of benzene rings is 1.